The van der Waals surface area contributed by atoms with Crippen LogP contribution in [0.2, 0.25) is 0 Å². The molecule has 3 fully saturated rings. The lowest BCUT2D eigenvalue weighted by atomic mass is 9.91. The van der Waals surface area contributed by atoms with Crippen LogP contribution in [0.1, 0.15) is 61.1 Å². The normalized spacial score (nSPS) is 29.0. The molecule has 1 N–H and O–H groups in total. The van der Waals surface area contributed by atoms with Crippen molar-refractivity contribution in [3.05, 3.63) is 59.7 Å². The maximum atomic E-state index is 5.11. The van der Waals surface area contributed by atoms with E-state index in [0.29, 0.717) is 24.2 Å². The van der Waals surface area contributed by atoms with E-state index in [1.807, 2.05) is 12.3 Å². The molecule has 4 atom stereocenters. The molecule has 0 aliphatic carbocycles. The van der Waals surface area contributed by atoms with Crippen LogP contribution in [0.15, 0.2) is 42.7 Å². The van der Waals surface area contributed by atoms with Crippen molar-refractivity contribution in [2.75, 3.05) is 25.0 Å². The fraction of sp³-hybridized carbons (Fsp3) is 0.520. The maximum absolute atomic E-state index is 5.11. The first-order valence-electron chi connectivity index (χ1n) is 11.8. The second-order valence-corrected chi connectivity index (χ2v) is 9.65. The lowest BCUT2D eigenvalue weighted by molar-refractivity contribution is 0.109. The topological polar surface area (TPSA) is 48.7 Å². The predicted molar refractivity (Wildman–Crippen MR) is 123 cm³/mol. The molecule has 3 aliphatic heterocycles. The van der Waals surface area contributed by atoms with Crippen molar-refractivity contribution in [1.29, 1.82) is 0 Å². The first-order chi connectivity index (χ1) is 15.2. The van der Waals surface area contributed by atoms with Gasteiger partial charge in [0.2, 0.25) is 0 Å². The molecule has 6 nitrogen and oxygen atoms in total. The van der Waals surface area contributed by atoms with Crippen LogP contribution in [0.3, 0.4) is 0 Å². The molecule has 0 radical (unpaired) electrons. The molecule has 31 heavy (non-hydrogen) atoms. The average molecular weight is 417 g/mol. The summed E-state index contributed by atoms with van der Waals surface area (Å²) in [6.07, 6.45) is 10.3. The monoisotopic (exact) mass is 416 g/mol. The van der Waals surface area contributed by atoms with Crippen molar-refractivity contribution < 1.29 is 0 Å². The van der Waals surface area contributed by atoms with Crippen molar-refractivity contribution in [3.63, 3.8) is 0 Å². The number of aryl methyl sites for hydroxylation is 1. The quantitative estimate of drug-likeness (QED) is 0.702. The molecule has 6 heteroatoms. The van der Waals surface area contributed by atoms with Crippen LogP contribution in [0, 0.1) is 6.92 Å². The number of anilines is 1. The van der Waals surface area contributed by atoms with Crippen molar-refractivity contribution >= 4 is 11.5 Å². The van der Waals surface area contributed by atoms with E-state index < -0.39 is 0 Å². The van der Waals surface area contributed by atoms with Gasteiger partial charge in [-0.3, -0.25) is 14.3 Å². The number of imidazole rings is 1. The number of aromatic nitrogens is 3. The van der Waals surface area contributed by atoms with E-state index in [2.05, 4.69) is 64.0 Å². The van der Waals surface area contributed by atoms with Gasteiger partial charge in [-0.25, -0.2) is 4.98 Å². The smallest absolute Gasteiger partial charge is 0.138 e. The summed E-state index contributed by atoms with van der Waals surface area (Å²) in [6, 6.07) is 12.7. The minimum Gasteiger partial charge on any atom is -0.355 e. The first-order valence-corrected chi connectivity index (χ1v) is 11.8. The SMILES string of the molecule is Cc1cccnc1[C@@H]1CCC[C@H](c2cn3c(N4CC5CCC(C4)N5)cccc3n2)N1C. The molecule has 0 amide bonds. The van der Waals surface area contributed by atoms with E-state index in [0.717, 1.165) is 31.6 Å². The first kappa shape index (κ1) is 19.3. The Labute approximate surface area is 184 Å². The molecule has 162 valence electrons. The zero-order valence-corrected chi connectivity index (χ0v) is 18.5. The zero-order chi connectivity index (χ0) is 20.9. The average Bonchev–Trinajstić information content (AvgIpc) is 3.36. The Hall–Kier alpha value is -2.44. The molecule has 2 bridgehead atoms. The summed E-state index contributed by atoms with van der Waals surface area (Å²) in [4.78, 5) is 14.9. The molecule has 0 aromatic carbocycles. The largest absolute Gasteiger partial charge is 0.355 e. The highest BCUT2D eigenvalue weighted by Crippen LogP contribution is 2.40. The lowest BCUT2D eigenvalue weighted by Crippen LogP contribution is -2.51. The van der Waals surface area contributed by atoms with E-state index in [1.54, 1.807) is 0 Å². The van der Waals surface area contributed by atoms with Crippen molar-refractivity contribution in [1.82, 2.24) is 24.6 Å². The number of hydrogen-bond donors (Lipinski definition) is 1. The predicted octanol–water partition coefficient (Wildman–Crippen LogP) is 3.88. The van der Waals surface area contributed by atoms with Crippen LogP contribution < -0.4 is 10.2 Å². The van der Waals surface area contributed by atoms with Gasteiger partial charge in [-0.15, -0.1) is 0 Å². The number of piperidine rings is 1. The van der Waals surface area contributed by atoms with Gasteiger partial charge in [0.25, 0.3) is 0 Å². The van der Waals surface area contributed by atoms with Gasteiger partial charge in [0.15, 0.2) is 0 Å². The standard InChI is InChI=1S/C25H32N6/c1-17-6-5-13-26-25(17)22-8-3-7-21(29(22)2)20-16-31-23(28-20)9-4-10-24(31)30-14-18-11-12-19(15-30)27-18/h4-6,9-10,13,16,18-19,21-22,27H,3,7-8,11-12,14-15H2,1-2H3/t18?,19?,21-,22+/m1/s1. The second kappa shape index (κ2) is 7.61. The summed E-state index contributed by atoms with van der Waals surface area (Å²) in [5, 5.41) is 3.75. The van der Waals surface area contributed by atoms with Crippen LogP contribution in [0.4, 0.5) is 5.82 Å². The number of hydrogen-bond acceptors (Lipinski definition) is 5. The van der Waals surface area contributed by atoms with E-state index in [-0.39, 0.29) is 0 Å². The number of nitrogens with one attached hydrogen (secondary N) is 1. The Kier molecular flexibility index (Phi) is 4.73. The summed E-state index contributed by atoms with van der Waals surface area (Å²) < 4.78 is 2.32. The number of nitrogens with zero attached hydrogens (tertiary/aromatic N) is 5. The minimum atomic E-state index is 0.326. The molecule has 3 aliphatic rings. The number of likely N-dealkylation sites (tertiary alicyclic amines) is 1. The minimum absolute atomic E-state index is 0.326. The van der Waals surface area contributed by atoms with Crippen molar-refractivity contribution in [2.24, 2.45) is 0 Å². The highest BCUT2D eigenvalue weighted by atomic mass is 15.3. The number of rotatable bonds is 3. The summed E-state index contributed by atoms with van der Waals surface area (Å²) in [5.74, 6) is 1.28. The third-order valence-corrected chi connectivity index (χ3v) is 7.68. The molecule has 0 saturated carbocycles. The Balaban J connectivity index is 1.32. The van der Waals surface area contributed by atoms with E-state index in [4.69, 9.17) is 9.97 Å². The highest BCUT2D eigenvalue weighted by molar-refractivity contribution is 5.53. The number of pyridine rings is 2. The Bertz CT molecular complexity index is 1080. The zero-order valence-electron chi connectivity index (χ0n) is 18.5. The molecule has 3 aromatic rings. The van der Waals surface area contributed by atoms with E-state index >= 15 is 0 Å². The van der Waals surface area contributed by atoms with Crippen LogP contribution in [-0.4, -0.2) is 51.5 Å². The fourth-order valence-corrected chi connectivity index (χ4v) is 6.08. The highest BCUT2D eigenvalue weighted by Gasteiger charge is 2.34. The van der Waals surface area contributed by atoms with E-state index in [9.17, 15) is 0 Å². The number of fused-ring (bicyclic) bond motifs is 3. The van der Waals surface area contributed by atoms with Crippen molar-refractivity contribution in [2.45, 2.75) is 63.2 Å². The van der Waals surface area contributed by atoms with Gasteiger partial charge in [0, 0.05) is 37.6 Å². The maximum Gasteiger partial charge on any atom is 0.138 e. The van der Waals surface area contributed by atoms with Gasteiger partial charge in [-0.1, -0.05) is 12.1 Å². The van der Waals surface area contributed by atoms with Crippen LogP contribution in [-0.2, 0) is 0 Å². The van der Waals surface area contributed by atoms with Gasteiger partial charge < -0.3 is 10.2 Å². The van der Waals surface area contributed by atoms with Gasteiger partial charge in [-0.2, -0.15) is 0 Å². The van der Waals surface area contributed by atoms with Crippen LogP contribution in [0.25, 0.3) is 5.65 Å². The summed E-state index contributed by atoms with van der Waals surface area (Å²) >= 11 is 0. The second-order valence-electron chi connectivity index (χ2n) is 9.65. The van der Waals surface area contributed by atoms with Gasteiger partial charge in [0.1, 0.15) is 11.5 Å². The molecule has 0 spiro atoms. The third kappa shape index (κ3) is 3.33. The van der Waals surface area contributed by atoms with Crippen molar-refractivity contribution in [3.8, 4) is 0 Å². The molecule has 6 rings (SSSR count). The summed E-state index contributed by atoms with van der Waals surface area (Å²) in [6.45, 7) is 4.36. The van der Waals surface area contributed by atoms with Gasteiger partial charge in [0.05, 0.1) is 23.5 Å². The molecule has 2 unspecified atom stereocenters. The molecular formula is C25H32N6. The molecule has 6 heterocycles. The van der Waals surface area contributed by atoms with Crippen LogP contribution in [0.5, 0.6) is 0 Å². The Morgan fingerprint density at radius 1 is 0.968 bits per heavy atom. The third-order valence-electron chi connectivity index (χ3n) is 7.68. The summed E-state index contributed by atoms with van der Waals surface area (Å²) in [7, 11) is 2.25. The molecule has 3 aromatic heterocycles. The van der Waals surface area contributed by atoms with E-state index in [1.165, 1.54) is 42.0 Å². The Morgan fingerprint density at radius 2 is 1.77 bits per heavy atom. The van der Waals surface area contributed by atoms with Crippen LogP contribution >= 0.6 is 0 Å². The lowest BCUT2D eigenvalue weighted by Gasteiger charge is -2.39. The molecular weight excluding hydrogens is 384 g/mol. The number of piperazine rings is 1. The van der Waals surface area contributed by atoms with Gasteiger partial charge in [-0.05, 0) is 69.8 Å². The Morgan fingerprint density at radius 3 is 2.58 bits per heavy atom. The summed E-state index contributed by atoms with van der Waals surface area (Å²) in [5.41, 5.74) is 4.75. The fourth-order valence-electron chi connectivity index (χ4n) is 6.08. The van der Waals surface area contributed by atoms with Gasteiger partial charge >= 0.3 is 0 Å². The molecule has 3 saturated heterocycles.